The van der Waals surface area contributed by atoms with Gasteiger partial charge in [0.05, 0.1) is 11.8 Å². The molecule has 2 aliphatic carbocycles. The van der Waals surface area contributed by atoms with E-state index in [1.165, 1.54) is 22.3 Å². The average molecular weight is 741 g/mol. The van der Waals surface area contributed by atoms with E-state index < -0.39 is 0 Å². The summed E-state index contributed by atoms with van der Waals surface area (Å²) in [6.45, 7) is 26.9. The highest BCUT2D eigenvalue weighted by molar-refractivity contribution is 6.05. The Morgan fingerprint density at radius 1 is 0.500 bits per heavy atom. The molecule has 5 aliphatic rings. The fourth-order valence-electron chi connectivity index (χ4n) is 7.98. The molecule has 5 heterocycles. The minimum absolute atomic E-state index is 0.0442. The van der Waals surface area contributed by atoms with Gasteiger partial charge in [0.2, 0.25) is 0 Å². The molecule has 56 heavy (non-hydrogen) atoms. The van der Waals surface area contributed by atoms with Gasteiger partial charge in [-0.25, -0.2) is 29.9 Å². The van der Waals surface area contributed by atoms with Crippen LogP contribution >= 0.6 is 0 Å². The molecule has 0 spiro atoms. The maximum atomic E-state index is 5.39. The largest absolute Gasteiger partial charge is 0.327 e. The molecule has 2 aromatic carbocycles. The molecule has 8 nitrogen and oxygen atoms in total. The second-order valence-electron chi connectivity index (χ2n) is 20.0. The van der Waals surface area contributed by atoms with Crippen LogP contribution in [0.5, 0.6) is 0 Å². The normalized spacial score (nSPS) is 18.7. The van der Waals surface area contributed by atoms with E-state index in [0.29, 0.717) is 28.6 Å². The van der Waals surface area contributed by atoms with E-state index in [2.05, 4.69) is 166 Å². The standard InChI is InChI=1S/C48H52N8/c1-45(2,3)25-13-17-29-33(21-25)41-49-37(29)54-42-35-23-27(47(7,8)9)15-19-31(35)39(51-42)56-44-36-24-28(48(10,11)12)16-20-32(36)40(52-44)55-43-34-22-26(46(4,5)6)14-18-30(34)38(50-43)53-41/h13-24,29-30H,1-12H3,(H,50,53)(H,49,51,52,54,55,56). The average Bonchev–Trinajstić information content (AvgIpc) is 3.84. The Bertz CT molecular complexity index is 2840. The molecule has 0 amide bonds. The van der Waals surface area contributed by atoms with Crippen molar-refractivity contribution in [3.63, 3.8) is 0 Å². The van der Waals surface area contributed by atoms with Gasteiger partial charge in [-0.05, 0) is 56.1 Å². The van der Waals surface area contributed by atoms with Crippen molar-refractivity contribution >= 4 is 33.2 Å². The van der Waals surface area contributed by atoms with Gasteiger partial charge in [0.1, 0.15) is 28.4 Å². The maximum absolute atomic E-state index is 5.39. The van der Waals surface area contributed by atoms with Gasteiger partial charge in [-0.15, -0.1) is 0 Å². The Morgan fingerprint density at radius 2 is 1.11 bits per heavy atom. The summed E-state index contributed by atoms with van der Waals surface area (Å²) in [6, 6.07) is 13.2. The molecule has 2 N–H and O–H groups in total. The summed E-state index contributed by atoms with van der Waals surface area (Å²) in [5.41, 5.74) is 11.6. The van der Waals surface area contributed by atoms with Crippen molar-refractivity contribution < 1.29 is 0 Å². The summed E-state index contributed by atoms with van der Waals surface area (Å²) in [4.78, 5) is 39.2. The smallest absolute Gasteiger partial charge is 0.164 e. The fraction of sp³-hybridized carbons (Fsp3) is 0.375. The van der Waals surface area contributed by atoms with E-state index in [0.717, 1.165) is 50.0 Å². The van der Waals surface area contributed by atoms with Crippen LogP contribution in [-0.2, 0) is 10.8 Å². The quantitative estimate of drug-likeness (QED) is 0.164. The summed E-state index contributed by atoms with van der Waals surface area (Å²) in [5.74, 6) is 2.42. The highest BCUT2D eigenvalue weighted by Gasteiger charge is 2.32. The minimum atomic E-state index is -0.161. The van der Waals surface area contributed by atoms with Gasteiger partial charge in [0.15, 0.2) is 17.1 Å². The highest BCUT2D eigenvalue weighted by Crippen LogP contribution is 2.42. The summed E-state index contributed by atoms with van der Waals surface area (Å²) < 4.78 is 0. The minimum Gasteiger partial charge on any atom is -0.327 e. The van der Waals surface area contributed by atoms with Crippen molar-refractivity contribution in [1.29, 1.82) is 0 Å². The monoisotopic (exact) mass is 740 g/mol. The van der Waals surface area contributed by atoms with Gasteiger partial charge < -0.3 is 9.97 Å². The number of aromatic nitrogens is 8. The molecule has 2 atom stereocenters. The number of hydrogen-bond acceptors (Lipinski definition) is 6. The number of allylic oxidation sites excluding steroid dienone is 8. The molecule has 284 valence electrons. The topological polar surface area (TPSA) is 109 Å². The van der Waals surface area contributed by atoms with Crippen LogP contribution in [0.25, 0.3) is 56.0 Å². The Labute approximate surface area is 329 Å². The molecule has 8 heteroatoms. The lowest BCUT2D eigenvalue weighted by Gasteiger charge is -2.25. The summed E-state index contributed by atoms with van der Waals surface area (Å²) in [5, 5.41) is 1.99. The second-order valence-corrected chi connectivity index (χ2v) is 20.0. The summed E-state index contributed by atoms with van der Waals surface area (Å²) in [6.07, 6.45) is 13.5. The number of hydrogen-bond donors (Lipinski definition) is 2. The van der Waals surface area contributed by atoms with Crippen molar-refractivity contribution in [2.24, 2.45) is 10.8 Å². The Hall–Kier alpha value is -5.50. The first kappa shape index (κ1) is 36.2. The van der Waals surface area contributed by atoms with Crippen molar-refractivity contribution in [3.8, 4) is 22.8 Å². The number of H-pyrrole nitrogens is 2. The second kappa shape index (κ2) is 12.0. The molecule has 8 bridgehead atoms. The molecule has 4 aromatic rings. The van der Waals surface area contributed by atoms with Gasteiger partial charge in [-0.3, -0.25) is 0 Å². The van der Waals surface area contributed by atoms with Crippen LogP contribution in [0.4, 0.5) is 0 Å². The third kappa shape index (κ3) is 6.05. The maximum Gasteiger partial charge on any atom is 0.164 e. The van der Waals surface area contributed by atoms with E-state index >= 15 is 0 Å². The van der Waals surface area contributed by atoms with Crippen LogP contribution in [0, 0.1) is 10.8 Å². The zero-order valence-corrected chi connectivity index (χ0v) is 34.8. The molecular formula is C48H52N8. The third-order valence-electron chi connectivity index (χ3n) is 11.6. The lowest BCUT2D eigenvalue weighted by molar-refractivity contribution is 0.515. The van der Waals surface area contributed by atoms with E-state index in [1.807, 2.05) is 0 Å². The first-order chi connectivity index (χ1) is 26.2. The summed E-state index contributed by atoms with van der Waals surface area (Å²) in [7, 11) is 0. The van der Waals surface area contributed by atoms with Crippen molar-refractivity contribution in [2.45, 2.75) is 106 Å². The number of benzene rings is 2. The Morgan fingerprint density at radius 3 is 1.79 bits per heavy atom. The van der Waals surface area contributed by atoms with Gasteiger partial charge in [-0.1, -0.05) is 144 Å². The van der Waals surface area contributed by atoms with Crippen LogP contribution in [0.15, 0.2) is 84.0 Å². The van der Waals surface area contributed by atoms with Crippen LogP contribution in [0.1, 0.15) is 118 Å². The summed E-state index contributed by atoms with van der Waals surface area (Å²) >= 11 is 0. The zero-order valence-electron chi connectivity index (χ0n) is 34.8. The molecule has 0 radical (unpaired) electrons. The predicted molar refractivity (Wildman–Crippen MR) is 228 cm³/mol. The number of aromatic amines is 2. The number of fused-ring (bicyclic) bond motifs is 18. The Balaban J connectivity index is 1.45. The Kier molecular flexibility index (Phi) is 7.75. The SMILES string of the molecule is CC(C)(C)C1=CC2=c3nc(nc4nc(nc5[nH]c(nc6[nH]c(n3)C3C=CC(C(C)(C)C)=CC=63)c3ccc(C(C)(C)C)cc53)-c3ccc(C(C)(C)C)cc3-4)C2C=C1. The van der Waals surface area contributed by atoms with Crippen LogP contribution < -0.4 is 11.0 Å². The molecule has 2 aromatic heterocycles. The van der Waals surface area contributed by atoms with Crippen LogP contribution in [-0.4, -0.2) is 39.9 Å². The van der Waals surface area contributed by atoms with Gasteiger partial charge in [0.25, 0.3) is 0 Å². The van der Waals surface area contributed by atoms with Gasteiger partial charge >= 0.3 is 0 Å². The van der Waals surface area contributed by atoms with Crippen molar-refractivity contribution in [1.82, 2.24) is 39.9 Å². The molecule has 0 fully saturated rings. The molecule has 0 saturated carbocycles. The van der Waals surface area contributed by atoms with Crippen molar-refractivity contribution in [2.75, 3.05) is 0 Å². The van der Waals surface area contributed by atoms with Crippen LogP contribution in [0.3, 0.4) is 0 Å². The van der Waals surface area contributed by atoms with Crippen molar-refractivity contribution in [3.05, 3.63) is 118 Å². The van der Waals surface area contributed by atoms with Gasteiger partial charge in [0, 0.05) is 33.0 Å². The molecule has 0 saturated heterocycles. The fourth-order valence-corrected chi connectivity index (χ4v) is 7.98. The molecule has 2 unspecified atom stereocenters. The first-order valence-corrected chi connectivity index (χ1v) is 19.9. The van der Waals surface area contributed by atoms with Gasteiger partial charge in [-0.2, -0.15) is 0 Å². The van der Waals surface area contributed by atoms with E-state index in [-0.39, 0.29) is 33.5 Å². The number of rotatable bonds is 0. The number of nitrogens with zero attached hydrogens (tertiary/aromatic N) is 6. The predicted octanol–water partition coefficient (Wildman–Crippen LogP) is 9.65. The highest BCUT2D eigenvalue weighted by atomic mass is 15.1. The van der Waals surface area contributed by atoms with E-state index in [9.17, 15) is 0 Å². The molecule has 9 rings (SSSR count). The van der Waals surface area contributed by atoms with E-state index in [1.54, 1.807) is 0 Å². The third-order valence-corrected chi connectivity index (χ3v) is 11.6. The molecular weight excluding hydrogens is 689 g/mol. The lowest BCUT2D eigenvalue weighted by Crippen LogP contribution is -2.17. The number of nitrogens with one attached hydrogen (secondary N) is 2. The van der Waals surface area contributed by atoms with E-state index in [4.69, 9.17) is 29.9 Å². The zero-order chi connectivity index (χ0) is 39.7. The molecule has 3 aliphatic heterocycles. The lowest BCUT2D eigenvalue weighted by atomic mass is 9.80. The van der Waals surface area contributed by atoms with Crippen LogP contribution in [0.2, 0.25) is 0 Å². The first-order valence-electron chi connectivity index (χ1n) is 19.9.